The van der Waals surface area contributed by atoms with E-state index >= 15 is 0 Å². The highest BCUT2D eigenvalue weighted by Gasteiger charge is 2.79. The highest BCUT2D eigenvalue weighted by Crippen LogP contribution is 2.57. The molecule has 1 saturated heterocycles. The van der Waals surface area contributed by atoms with Gasteiger partial charge >= 0.3 is 11.9 Å². The van der Waals surface area contributed by atoms with E-state index in [2.05, 4.69) is 5.32 Å². The second-order valence-electron chi connectivity index (χ2n) is 6.72. The van der Waals surface area contributed by atoms with Gasteiger partial charge in [-0.1, -0.05) is 30.3 Å². The van der Waals surface area contributed by atoms with Crippen LogP contribution >= 0.6 is 12.4 Å². The first-order chi connectivity index (χ1) is 12.1. The van der Waals surface area contributed by atoms with E-state index in [0.29, 0.717) is 0 Å². The van der Waals surface area contributed by atoms with Crippen molar-refractivity contribution in [3.63, 3.8) is 0 Å². The topological polar surface area (TPSA) is 164 Å². The molecule has 1 saturated carbocycles. The maximum atomic E-state index is 12.4. The molecule has 1 aromatic carbocycles. The highest BCUT2D eigenvalue weighted by atomic mass is 35.5. The summed E-state index contributed by atoms with van der Waals surface area (Å²) in [5.74, 6) is -7.17. The van der Waals surface area contributed by atoms with E-state index in [1.54, 1.807) is 30.3 Å². The summed E-state index contributed by atoms with van der Waals surface area (Å²) in [4.78, 5) is 35.5. The average molecular weight is 419 g/mol. The van der Waals surface area contributed by atoms with Crippen LogP contribution in [0, 0.1) is 11.8 Å². The number of carbonyl (C=O) groups excluding carboxylic acids is 1. The lowest BCUT2D eigenvalue weighted by atomic mass is 9.93. The van der Waals surface area contributed by atoms with Crippen LogP contribution in [-0.4, -0.2) is 59.1 Å². The van der Waals surface area contributed by atoms with Crippen molar-refractivity contribution in [2.75, 3.05) is 5.75 Å². The number of nitrogens with two attached hydrogens (primary N) is 1. The summed E-state index contributed by atoms with van der Waals surface area (Å²) >= 11 is 0. The molecule has 1 aliphatic carbocycles. The molecule has 5 N–H and O–H groups in total. The molecule has 1 aromatic rings. The van der Waals surface area contributed by atoms with Crippen LogP contribution in [0.3, 0.4) is 0 Å². The van der Waals surface area contributed by atoms with Gasteiger partial charge in [-0.3, -0.25) is 9.59 Å². The standard InChI is InChI=1S/C16H18N2O7S.ClH/c17-9(6-8-4-2-1-3-5-8)13(19)18-16(15(22)23)7-26(24,25)12-10(11(12)16)14(20)21;/h1-5,9-12H,6-7,17H2,(H,18,19)(H,20,21)(H,22,23);1H/t9-,10+,11+,12-,16-;/m0./s1. The molecule has 2 fully saturated rings. The van der Waals surface area contributed by atoms with Crippen LogP contribution in [0.5, 0.6) is 0 Å². The van der Waals surface area contributed by atoms with Crippen LogP contribution in [-0.2, 0) is 30.6 Å². The third-order valence-corrected chi connectivity index (χ3v) is 7.29. The SMILES string of the molecule is Cl.N[C@@H](Cc1ccccc1)C(=O)N[C@@]1(C(=O)O)CS(=O)(=O)[C@H]2[C@H](C(=O)O)[C@H]21. The number of amides is 1. The summed E-state index contributed by atoms with van der Waals surface area (Å²) in [7, 11) is -3.95. The van der Waals surface area contributed by atoms with E-state index in [1.165, 1.54) is 0 Å². The van der Waals surface area contributed by atoms with E-state index in [-0.39, 0.29) is 18.8 Å². The molecule has 0 spiro atoms. The number of nitrogens with one attached hydrogen (secondary N) is 1. The maximum absolute atomic E-state index is 12.4. The number of hydrogen-bond donors (Lipinski definition) is 4. The van der Waals surface area contributed by atoms with Crippen molar-refractivity contribution in [3.05, 3.63) is 35.9 Å². The summed E-state index contributed by atoms with van der Waals surface area (Å²) in [6, 6.07) is 7.70. The Morgan fingerprint density at radius 3 is 2.30 bits per heavy atom. The Balaban J connectivity index is 0.00000261. The molecule has 0 unspecified atom stereocenters. The van der Waals surface area contributed by atoms with E-state index in [9.17, 15) is 27.9 Å². The third kappa shape index (κ3) is 3.52. The van der Waals surface area contributed by atoms with Crippen LogP contribution in [0.4, 0.5) is 0 Å². The minimum atomic E-state index is -3.95. The number of sulfone groups is 1. The fraction of sp³-hybridized carbons (Fsp3) is 0.438. The first-order valence-electron chi connectivity index (χ1n) is 7.89. The number of benzene rings is 1. The monoisotopic (exact) mass is 418 g/mol. The van der Waals surface area contributed by atoms with Crippen molar-refractivity contribution in [2.45, 2.75) is 23.3 Å². The van der Waals surface area contributed by atoms with Gasteiger partial charge in [-0.25, -0.2) is 13.2 Å². The lowest BCUT2D eigenvalue weighted by Gasteiger charge is -2.29. The van der Waals surface area contributed by atoms with Crippen molar-refractivity contribution in [1.82, 2.24) is 5.32 Å². The van der Waals surface area contributed by atoms with Crippen LogP contribution in [0.25, 0.3) is 0 Å². The number of carboxylic acids is 2. The molecule has 0 radical (unpaired) electrons. The van der Waals surface area contributed by atoms with Crippen LogP contribution in [0.2, 0.25) is 0 Å². The van der Waals surface area contributed by atoms with Gasteiger partial charge in [0.15, 0.2) is 15.4 Å². The van der Waals surface area contributed by atoms with Gasteiger partial charge in [-0.15, -0.1) is 12.4 Å². The number of fused-ring (bicyclic) bond motifs is 1. The molecule has 5 atom stereocenters. The van der Waals surface area contributed by atoms with E-state index in [1.807, 2.05) is 0 Å². The molecular weight excluding hydrogens is 400 g/mol. The van der Waals surface area contributed by atoms with Gasteiger partial charge in [0.05, 0.1) is 23.0 Å². The number of rotatable bonds is 6. The van der Waals surface area contributed by atoms with Gasteiger partial charge in [-0.05, 0) is 12.0 Å². The maximum Gasteiger partial charge on any atom is 0.330 e. The number of carboxylic acid groups (broad SMARTS) is 2. The Morgan fingerprint density at radius 1 is 1.22 bits per heavy atom. The first kappa shape index (κ1) is 21.1. The van der Waals surface area contributed by atoms with Crippen LogP contribution < -0.4 is 11.1 Å². The minimum Gasteiger partial charge on any atom is -0.481 e. The summed E-state index contributed by atoms with van der Waals surface area (Å²) < 4.78 is 24.3. The van der Waals surface area contributed by atoms with Gasteiger partial charge in [0.1, 0.15) is 0 Å². The first-order valence-corrected chi connectivity index (χ1v) is 9.61. The summed E-state index contributed by atoms with van der Waals surface area (Å²) in [5.41, 5.74) is 4.42. The molecular formula is C16H19ClN2O7S. The number of hydrogen-bond acceptors (Lipinski definition) is 6. The predicted octanol–water partition coefficient (Wildman–Crippen LogP) is -0.955. The number of halogens is 1. The highest BCUT2D eigenvalue weighted by molar-refractivity contribution is 7.92. The van der Waals surface area contributed by atoms with Gasteiger partial charge in [-0.2, -0.15) is 0 Å². The lowest BCUT2D eigenvalue weighted by molar-refractivity contribution is -0.148. The van der Waals surface area contributed by atoms with Crippen molar-refractivity contribution >= 4 is 40.1 Å². The molecule has 9 nitrogen and oxygen atoms in total. The Labute approximate surface area is 161 Å². The van der Waals surface area contributed by atoms with Gasteiger partial charge in [0, 0.05) is 5.92 Å². The van der Waals surface area contributed by atoms with E-state index in [0.717, 1.165) is 5.56 Å². The molecule has 11 heteroatoms. The molecule has 3 rings (SSSR count). The average Bonchev–Trinajstić information content (AvgIpc) is 3.27. The predicted molar refractivity (Wildman–Crippen MR) is 96.1 cm³/mol. The van der Waals surface area contributed by atoms with Crippen LogP contribution in [0.15, 0.2) is 30.3 Å². The van der Waals surface area contributed by atoms with Gasteiger partial charge in [0.2, 0.25) is 5.91 Å². The largest absolute Gasteiger partial charge is 0.481 e. The summed E-state index contributed by atoms with van der Waals surface area (Å²) in [6.07, 6.45) is 0.131. The number of carbonyl (C=O) groups is 3. The fourth-order valence-electron chi connectivity index (χ4n) is 3.77. The van der Waals surface area contributed by atoms with E-state index in [4.69, 9.17) is 10.8 Å². The second kappa shape index (κ2) is 7.10. The zero-order valence-electron chi connectivity index (χ0n) is 13.9. The summed E-state index contributed by atoms with van der Waals surface area (Å²) in [6.45, 7) is 0. The smallest absolute Gasteiger partial charge is 0.330 e. The van der Waals surface area contributed by atoms with E-state index < -0.39 is 62.1 Å². The molecule has 0 aromatic heterocycles. The zero-order chi connectivity index (χ0) is 19.3. The molecule has 27 heavy (non-hydrogen) atoms. The lowest BCUT2D eigenvalue weighted by Crippen LogP contribution is -2.62. The van der Waals surface area contributed by atoms with Crippen molar-refractivity contribution < 1.29 is 33.0 Å². The van der Waals surface area contributed by atoms with Gasteiger partial charge in [0.25, 0.3) is 0 Å². The van der Waals surface area contributed by atoms with Crippen LogP contribution in [0.1, 0.15) is 5.56 Å². The molecule has 1 aliphatic heterocycles. The Kier molecular flexibility index (Phi) is 5.56. The quantitative estimate of drug-likeness (QED) is 0.459. The second-order valence-corrected chi connectivity index (χ2v) is 8.88. The van der Waals surface area contributed by atoms with Crippen molar-refractivity contribution in [2.24, 2.45) is 17.6 Å². The Bertz CT molecular complexity index is 876. The summed E-state index contributed by atoms with van der Waals surface area (Å²) in [5, 5.41) is 19.7. The van der Waals surface area contributed by atoms with Gasteiger partial charge < -0.3 is 21.3 Å². The minimum absolute atomic E-state index is 0. The molecule has 0 bridgehead atoms. The Morgan fingerprint density at radius 2 is 1.81 bits per heavy atom. The molecule has 2 aliphatic rings. The fourth-order valence-corrected chi connectivity index (χ4v) is 6.48. The third-order valence-electron chi connectivity index (χ3n) is 5.01. The molecule has 148 valence electrons. The molecule has 1 amide bonds. The zero-order valence-corrected chi connectivity index (χ0v) is 15.6. The number of aliphatic carboxylic acids is 2. The van der Waals surface area contributed by atoms with Crippen molar-refractivity contribution in [1.29, 1.82) is 0 Å². The Hall–Kier alpha value is -2.17. The normalized spacial score (nSPS) is 31.1. The molecule has 1 heterocycles. The van der Waals surface area contributed by atoms with Crippen molar-refractivity contribution in [3.8, 4) is 0 Å².